The van der Waals surface area contributed by atoms with Crippen LogP contribution in [0.2, 0.25) is 0 Å². The summed E-state index contributed by atoms with van der Waals surface area (Å²) in [5.41, 5.74) is -0.587. The van der Waals surface area contributed by atoms with Crippen LogP contribution in [0.4, 0.5) is 0 Å². The summed E-state index contributed by atoms with van der Waals surface area (Å²) in [6.07, 6.45) is 1.56. The van der Waals surface area contributed by atoms with Gasteiger partial charge >= 0.3 is 17.5 Å². The smallest absolute Gasteiger partial charge is 0.332 e. The highest BCUT2D eigenvalue weighted by atomic mass is 16.5. The van der Waals surface area contributed by atoms with E-state index in [1.165, 1.54) is 23.1 Å². The molecule has 0 fully saturated rings. The molecule has 9 nitrogen and oxygen atoms in total. The first-order valence-corrected chi connectivity index (χ1v) is 6.59. The van der Waals surface area contributed by atoms with Gasteiger partial charge in [0.05, 0.1) is 19.7 Å². The first-order valence-electron chi connectivity index (χ1n) is 6.59. The van der Waals surface area contributed by atoms with Gasteiger partial charge in [0.15, 0.2) is 11.2 Å². The summed E-state index contributed by atoms with van der Waals surface area (Å²) in [5, 5.41) is 0. The molecule has 22 heavy (non-hydrogen) atoms. The molecule has 3 heterocycles. The van der Waals surface area contributed by atoms with Gasteiger partial charge in [-0.15, -0.1) is 0 Å². The molecule has 0 N–H and O–H groups in total. The Kier molecular flexibility index (Phi) is 3.12. The van der Waals surface area contributed by atoms with Crippen LogP contribution in [0.15, 0.2) is 20.2 Å². The molecule has 0 radical (unpaired) electrons. The van der Waals surface area contributed by atoms with Gasteiger partial charge in [-0.2, -0.15) is 4.98 Å². The van der Waals surface area contributed by atoms with E-state index < -0.39 is 17.2 Å². The molecule has 0 aliphatic heterocycles. The Morgan fingerprint density at radius 1 is 1.41 bits per heavy atom. The van der Waals surface area contributed by atoms with E-state index in [0.29, 0.717) is 5.76 Å². The summed E-state index contributed by atoms with van der Waals surface area (Å²) in [4.78, 5) is 40.3. The molecular weight excluding hydrogens is 292 g/mol. The zero-order chi connectivity index (χ0) is 16.0. The quantitative estimate of drug-likeness (QED) is 0.622. The zero-order valence-corrected chi connectivity index (χ0v) is 12.3. The molecule has 9 heteroatoms. The van der Waals surface area contributed by atoms with Crippen molar-refractivity contribution in [3.63, 3.8) is 0 Å². The molecule has 3 aromatic rings. The lowest BCUT2D eigenvalue weighted by Crippen LogP contribution is -2.39. The lowest BCUT2D eigenvalue weighted by molar-refractivity contribution is -0.140. The number of methoxy groups -OCH3 is 1. The number of carbonyl (C=O) groups is 1. The first-order chi connectivity index (χ1) is 10.4. The number of hydrogen-bond acceptors (Lipinski definition) is 6. The lowest BCUT2D eigenvalue weighted by atomic mass is 10.4. The van der Waals surface area contributed by atoms with E-state index in [0.717, 1.165) is 4.57 Å². The van der Waals surface area contributed by atoms with E-state index in [1.807, 2.05) is 0 Å². The van der Waals surface area contributed by atoms with Gasteiger partial charge in [0, 0.05) is 13.6 Å². The van der Waals surface area contributed by atoms with Crippen molar-refractivity contribution in [2.75, 3.05) is 7.11 Å². The molecule has 0 aromatic carbocycles. The Balaban J connectivity index is 2.28. The molecule has 3 rings (SSSR count). The monoisotopic (exact) mass is 306 g/mol. The standard InChI is InChI=1S/C13H14N4O5/c1-7-6-17-9-10(14-12(17)22-7)15(2)13(20)16(11(9)19)5-4-8(18)21-3/h6H,4-5H2,1-3H3. The Bertz CT molecular complexity index is 1000. The maximum absolute atomic E-state index is 12.6. The van der Waals surface area contributed by atoms with E-state index in [-0.39, 0.29) is 30.0 Å². The van der Waals surface area contributed by atoms with Crippen molar-refractivity contribution in [2.45, 2.75) is 19.9 Å². The van der Waals surface area contributed by atoms with Crippen molar-refractivity contribution in [1.29, 1.82) is 0 Å². The summed E-state index contributed by atoms with van der Waals surface area (Å²) in [6.45, 7) is 1.68. The number of carbonyl (C=O) groups excluding carboxylic acids is 1. The number of ether oxygens (including phenoxy) is 1. The second kappa shape index (κ2) is 4.86. The number of hydrogen-bond donors (Lipinski definition) is 0. The van der Waals surface area contributed by atoms with Gasteiger partial charge in [-0.25, -0.2) is 4.79 Å². The highest BCUT2D eigenvalue weighted by molar-refractivity contribution is 5.74. The minimum Gasteiger partial charge on any atom is -0.469 e. The first kappa shape index (κ1) is 14.1. The van der Waals surface area contributed by atoms with Gasteiger partial charge < -0.3 is 9.15 Å². The van der Waals surface area contributed by atoms with Gasteiger partial charge in [-0.05, 0) is 6.92 Å². The van der Waals surface area contributed by atoms with E-state index in [1.54, 1.807) is 13.1 Å². The van der Waals surface area contributed by atoms with Crippen LogP contribution in [-0.4, -0.2) is 31.6 Å². The minimum absolute atomic E-state index is 0.0574. The Morgan fingerprint density at radius 2 is 2.14 bits per heavy atom. The van der Waals surface area contributed by atoms with Crippen LogP contribution in [0.25, 0.3) is 17.0 Å². The maximum atomic E-state index is 12.6. The number of nitrogens with zero attached hydrogens (tertiary/aromatic N) is 4. The predicted molar refractivity (Wildman–Crippen MR) is 75.8 cm³/mol. The number of esters is 1. The van der Waals surface area contributed by atoms with Gasteiger partial charge in [0.25, 0.3) is 5.56 Å². The molecule has 0 aliphatic carbocycles. The molecular formula is C13H14N4O5. The topological polar surface area (TPSA) is 101 Å². The normalized spacial score (nSPS) is 11.4. The number of fused-ring (bicyclic) bond motifs is 3. The van der Waals surface area contributed by atoms with Crippen molar-refractivity contribution in [1.82, 2.24) is 18.5 Å². The van der Waals surface area contributed by atoms with E-state index in [2.05, 4.69) is 9.72 Å². The third-order valence-electron chi connectivity index (χ3n) is 3.47. The number of aryl methyl sites for hydroxylation is 2. The van der Waals surface area contributed by atoms with Crippen LogP contribution in [0, 0.1) is 6.92 Å². The second-order valence-corrected chi connectivity index (χ2v) is 4.90. The summed E-state index contributed by atoms with van der Waals surface area (Å²) in [5.74, 6) is 0.343. The van der Waals surface area contributed by atoms with Gasteiger partial charge in [0.1, 0.15) is 5.76 Å². The number of oxazole rings is 1. The van der Waals surface area contributed by atoms with Crippen LogP contribution in [0.3, 0.4) is 0 Å². The lowest BCUT2D eigenvalue weighted by Gasteiger charge is -2.07. The number of imidazole rings is 1. The van der Waals surface area contributed by atoms with Gasteiger partial charge in [0.2, 0.25) is 0 Å². The van der Waals surface area contributed by atoms with Crippen LogP contribution < -0.4 is 11.2 Å². The van der Waals surface area contributed by atoms with Gasteiger partial charge in [-0.3, -0.25) is 23.1 Å². The highest BCUT2D eigenvalue weighted by Crippen LogP contribution is 2.14. The van der Waals surface area contributed by atoms with Crippen molar-refractivity contribution in [2.24, 2.45) is 7.05 Å². The Hall–Kier alpha value is -2.84. The van der Waals surface area contributed by atoms with Crippen molar-refractivity contribution >= 4 is 23.0 Å². The van der Waals surface area contributed by atoms with E-state index in [4.69, 9.17) is 4.42 Å². The summed E-state index contributed by atoms with van der Waals surface area (Å²) in [6, 6.07) is 0. The van der Waals surface area contributed by atoms with Crippen molar-refractivity contribution in [3.05, 3.63) is 32.8 Å². The molecule has 0 saturated heterocycles. The van der Waals surface area contributed by atoms with Crippen LogP contribution in [-0.2, 0) is 23.1 Å². The van der Waals surface area contributed by atoms with E-state index >= 15 is 0 Å². The van der Waals surface area contributed by atoms with Crippen molar-refractivity contribution < 1.29 is 13.9 Å². The molecule has 0 unspecified atom stereocenters. The predicted octanol–water partition coefficient (Wildman–Crippen LogP) is -0.188. The number of rotatable bonds is 3. The summed E-state index contributed by atoms with van der Waals surface area (Å²) in [7, 11) is 2.76. The maximum Gasteiger partial charge on any atom is 0.332 e. The summed E-state index contributed by atoms with van der Waals surface area (Å²) >= 11 is 0. The largest absolute Gasteiger partial charge is 0.469 e. The third-order valence-corrected chi connectivity index (χ3v) is 3.47. The molecule has 0 spiro atoms. The van der Waals surface area contributed by atoms with Crippen molar-refractivity contribution in [3.8, 4) is 0 Å². The SMILES string of the molecule is COC(=O)CCn1c(=O)c2c(nc3oc(C)cn32)n(C)c1=O. The summed E-state index contributed by atoms with van der Waals surface area (Å²) < 4.78 is 13.7. The van der Waals surface area contributed by atoms with Gasteiger partial charge in [-0.1, -0.05) is 0 Å². The molecule has 0 saturated carbocycles. The average molecular weight is 306 g/mol. The fourth-order valence-corrected chi connectivity index (χ4v) is 2.37. The molecule has 0 amide bonds. The fourth-order valence-electron chi connectivity index (χ4n) is 2.37. The third kappa shape index (κ3) is 1.93. The molecule has 116 valence electrons. The Morgan fingerprint density at radius 3 is 2.82 bits per heavy atom. The molecule has 0 atom stereocenters. The second-order valence-electron chi connectivity index (χ2n) is 4.90. The fraction of sp³-hybridized carbons (Fsp3) is 0.385. The van der Waals surface area contributed by atoms with E-state index in [9.17, 15) is 14.4 Å². The van der Waals surface area contributed by atoms with Crippen LogP contribution in [0.1, 0.15) is 12.2 Å². The van der Waals surface area contributed by atoms with Crippen LogP contribution in [0.5, 0.6) is 0 Å². The molecule has 0 bridgehead atoms. The van der Waals surface area contributed by atoms with Crippen LogP contribution >= 0.6 is 0 Å². The highest BCUT2D eigenvalue weighted by Gasteiger charge is 2.19. The zero-order valence-electron chi connectivity index (χ0n) is 12.3. The molecule has 0 aliphatic rings. The number of aromatic nitrogens is 4. The average Bonchev–Trinajstić information content (AvgIpc) is 3.00. The molecule has 3 aromatic heterocycles. The minimum atomic E-state index is -0.543. The Labute approximate surface area is 123 Å².